The van der Waals surface area contributed by atoms with Crippen LogP contribution in [0.4, 0.5) is 8.78 Å². The lowest BCUT2D eigenvalue weighted by molar-refractivity contribution is 0.0930. The molecule has 0 N–H and O–H groups in total. The number of imidazole rings is 1. The molecular weight excluding hydrogens is 390 g/mol. The molecule has 0 fully saturated rings. The quantitative estimate of drug-likeness (QED) is 0.456. The van der Waals surface area contributed by atoms with E-state index < -0.39 is 17.5 Å². The van der Waals surface area contributed by atoms with Gasteiger partial charge in [0.25, 0.3) is 0 Å². The van der Waals surface area contributed by atoms with Crippen molar-refractivity contribution in [2.75, 3.05) is 20.0 Å². The number of ether oxygens (including phenoxy) is 2. The highest BCUT2D eigenvalue weighted by atomic mass is 32.2. The summed E-state index contributed by atoms with van der Waals surface area (Å²) >= 11 is 1.00. The van der Waals surface area contributed by atoms with Gasteiger partial charge in [-0.3, -0.25) is 14.2 Å². The Morgan fingerprint density at radius 1 is 1.07 bits per heavy atom. The highest BCUT2D eigenvalue weighted by Crippen LogP contribution is 2.30. The summed E-state index contributed by atoms with van der Waals surface area (Å²) in [7, 11) is 2.96. The highest BCUT2D eigenvalue weighted by molar-refractivity contribution is 7.99. The Morgan fingerprint density at radius 2 is 1.75 bits per heavy atom. The van der Waals surface area contributed by atoms with Gasteiger partial charge in [0.15, 0.2) is 34.1 Å². The number of methoxy groups -OCH3 is 2. The second-order valence-electron chi connectivity index (χ2n) is 5.79. The number of hydrogen-bond donors (Lipinski definition) is 0. The predicted molar refractivity (Wildman–Crippen MR) is 101 cm³/mol. The van der Waals surface area contributed by atoms with Gasteiger partial charge in [0.05, 0.1) is 31.0 Å². The van der Waals surface area contributed by atoms with Crippen LogP contribution in [-0.2, 0) is 0 Å². The lowest BCUT2D eigenvalue weighted by Crippen LogP contribution is -2.09. The van der Waals surface area contributed by atoms with Gasteiger partial charge in [-0.25, -0.2) is 13.8 Å². The minimum Gasteiger partial charge on any atom is -0.493 e. The average molecular weight is 406 g/mol. The van der Waals surface area contributed by atoms with Crippen LogP contribution < -0.4 is 9.47 Å². The molecule has 0 aliphatic carbocycles. The van der Waals surface area contributed by atoms with Gasteiger partial charge >= 0.3 is 0 Å². The van der Waals surface area contributed by atoms with E-state index in [0.29, 0.717) is 17.1 Å². The number of Topliss-reactive ketones (excluding diaryl/α,β-unsaturated/α-hetero) is 1. The number of halogens is 2. The fourth-order valence-electron chi connectivity index (χ4n) is 2.67. The van der Waals surface area contributed by atoms with Crippen molar-refractivity contribution in [3.63, 3.8) is 0 Å². The number of benzene rings is 2. The molecule has 0 bridgehead atoms. The van der Waals surface area contributed by atoms with Crippen LogP contribution in [0.25, 0.3) is 11.0 Å². The van der Waals surface area contributed by atoms with Gasteiger partial charge in [0.2, 0.25) is 5.91 Å². The number of aromatic nitrogens is 2. The van der Waals surface area contributed by atoms with Gasteiger partial charge in [0, 0.05) is 24.6 Å². The van der Waals surface area contributed by atoms with Crippen LogP contribution in [0.2, 0.25) is 0 Å². The minimum atomic E-state index is -1.08. The first-order chi connectivity index (χ1) is 13.3. The van der Waals surface area contributed by atoms with Crippen LogP contribution >= 0.6 is 11.8 Å². The number of carbonyl (C=O) groups excluding carboxylic acids is 2. The van der Waals surface area contributed by atoms with E-state index in [9.17, 15) is 18.4 Å². The van der Waals surface area contributed by atoms with Gasteiger partial charge in [-0.2, -0.15) is 0 Å². The van der Waals surface area contributed by atoms with Crippen LogP contribution in [0.5, 0.6) is 11.5 Å². The summed E-state index contributed by atoms with van der Waals surface area (Å²) in [6, 6.07) is 6.61. The number of thioether (sulfide) groups is 1. The zero-order valence-corrected chi connectivity index (χ0v) is 16.1. The van der Waals surface area contributed by atoms with Crippen molar-refractivity contribution in [3.8, 4) is 11.5 Å². The Kier molecular flexibility index (Phi) is 5.64. The van der Waals surface area contributed by atoms with E-state index in [0.717, 1.165) is 28.5 Å². The van der Waals surface area contributed by atoms with E-state index in [1.807, 2.05) is 0 Å². The smallest absolute Gasteiger partial charge is 0.230 e. The van der Waals surface area contributed by atoms with Gasteiger partial charge in [0.1, 0.15) is 0 Å². The van der Waals surface area contributed by atoms with Crippen molar-refractivity contribution >= 4 is 34.5 Å². The first kappa shape index (κ1) is 19.8. The van der Waals surface area contributed by atoms with E-state index in [-0.39, 0.29) is 27.7 Å². The molecule has 146 valence electrons. The second kappa shape index (κ2) is 7.97. The zero-order valence-electron chi connectivity index (χ0n) is 15.3. The van der Waals surface area contributed by atoms with Crippen molar-refractivity contribution in [3.05, 3.63) is 47.5 Å². The molecule has 6 nitrogen and oxygen atoms in total. The fraction of sp³-hybridized carbons (Fsp3) is 0.211. The Hall–Kier alpha value is -2.94. The summed E-state index contributed by atoms with van der Waals surface area (Å²) in [4.78, 5) is 28.7. The van der Waals surface area contributed by atoms with Crippen molar-refractivity contribution in [1.29, 1.82) is 0 Å². The Balaban J connectivity index is 1.88. The van der Waals surface area contributed by atoms with E-state index in [2.05, 4.69) is 4.98 Å². The number of ketones is 1. The highest BCUT2D eigenvalue weighted by Gasteiger charge is 2.19. The fourth-order valence-corrected chi connectivity index (χ4v) is 3.62. The molecule has 0 atom stereocenters. The molecule has 3 aromatic rings. The Bertz CT molecular complexity index is 1080. The minimum absolute atomic E-state index is 0.0307. The molecular formula is C19H16F2N2O4S. The number of fused-ring (bicyclic) bond motifs is 1. The number of rotatable bonds is 6. The molecule has 0 spiro atoms. The van der Waals surface area contributed by atoms with E-state index in [1.165, 1.54) is 21.1 Å². The maximum Gasteiger partial charge on any atom is 0.230 e. The summed E-state index contributed by atoms with van der Waals surface area (Å²) in [5.74, 6) is -1.90. The predicted octanol–water partition coefficient (Wildman–Crippen LogP) is 3.97. The Morgan fingerprint density at radius 3 is 2.39 bits per heavy atom. The molecule has 0 aliphatic heterocycles. The third kappa shape index (κ3) is 3.70. The maximum absolute atomic E-state index is 13.6. The lowest BCUT2D eigenvalue weighted by Gasteiger charge is -2.09. The topological polar surface area (TPSA) is 70.4 Å². The largest absolute Gasteiger partial charge is 0.493 e. The molecule has 0 saturated carbocycles. The molecule has 28 heavy (non-hydrogen) atoms. The second-order valence-corrected chi connectivity index (χ2v) is 6.73. The molecule has 3 rings (SSSR count). The molecule has 0 unspecified atom stereocenters. The van der Waals surface area contributed by atoms with Crippen molar-refractivity contribution in [2.24, 2.45) is 0 Å². The molecule has 1 heterocycles. The van der Waals surface area contributed by atoms with Gasteiger partial charge in [-0.05, 0) is 18.2 Å². The number of carbonyl (C=O) groups is 2. The van der Waals surface area contributed by atoms with Crippen LogP contribution in [0, 0.1) is 11.6 Å². The van der Waals surface area contributed by atoms with Crippen molar-refractivity contribution in [1.82, 2.24) is 9.55 Å². The molecule has 0 radical (unpaired) electrons. The summed E-state index contributed by atoms with van der Waals surface area (Å²) < 4.78 is 38.5. The van der Waals surface area contributed by atoms with Gasteiger partial charge in [-0.1, -0.05) is 11.8 Å². The molecule has 2 aromatic carbocycles. The molecule has 1 aromatic heterocycles. The molecule has 9 heteroatoms. The monoisotopic (exact) mass is 406 g/mol. The summed E-state index contributed by atoms with van der Waals surface area (Å²) in [6.07, 6.45) is 0. The van der Waals surface area contributed by atoms with Gasteiger partial charge < -0.3 is 9.47 Å². The number of nitrogens with zero attached hydrogens (tertiary/aromatic N) is 2. The summed E-state index contributed by atoms with van der Waals surface area (Å²) in [5.41, 5.74) is 0.676. The zero-order chi connectivity index (χ0) is 20.4. The van der Waals surface area contributed by atoms with Crippen LogP contribution in [0.3, 0.4) is 0 Å². The first-order valence-corrected chi connectivity index (χ1v) is 9.10. The molecule has 0 saturated heterocycles. The third-order valence-electron chi connectivity index (χ3n) is 4.02. The summed E-state index contributed by atoms with van der Waals surface area (Å²) in [5, 5.41) is 0.182. The maximum atomic E-state index is 13.6. The Labute approximate surface area is 163 Å². The first-order valence-electron chi connectivity index (χ1n) is 8.12. The average Bonchev–Trinajstić information content (AvgIpc) is 3.03. The summed E-state index contributed by atoms with van der Waals surface area (Å²) in [6.45, 7) is 1.28. The lowest BCUT2D eigenvalue weighted by atomic mass is 10.1. The van der Waals surface area contributed by atoms with Crippen LogP contribution in [0.1, 0.15) is 22.1 Å². The normalized spacial score (nSPS) is 10.9. The number of hydrogen-bond acceptors (Lipinski definition) is 6. The van der Waals surface area contributed by atoms with E-state index in [1.54, 1.807) is 18.2 Å². The third-order valence-corrected chi connectivity index (χ3v) is 4.96. The van der Waals surface area contributed by atoms with Crippen molar-refractivity contribution < 1.29 is 27.8 Å². The molecule has 0 amide bonds. The van der Waals surface area contributed by atoms with Crippen LogP contribution in [0.15, 0.2) is 35.5 Å². The van der Waals surface area contributed by atoms with Crippen LogP contribution in [-0.4, -0.2) is 41.2 Å². The SMILES string of the molecule is COc1ccc(C(=O)CSc2nc3cc(F)c(F)cc3n2C(C)=O)cc1OC. The van der Waals surface area contributed by atoms with Crippen molar-refractivity contribution in [2.45, 2.75) is 12.1 Å². The van der Waals surface area contributed by atoms with Gasteiger partial charge in [-0.15, -0.1) is 0 Å². The standard InChI is InChI=1S/C19H16F2N2O4S/c1-10(24)23-15-8-13(21)12(20)7-14(15)22-19(23)28-9-16(25)11-4-5-17(26-2)18(6-11)27-3/h4-8H,9H2,1-3H3. The van der Waals surface area contributed by atoms with E-state index in [4.69, 9.17) is 9.47 Å². The van der Waals surface area contributed by atoms with E-state index >= 15 is 0 Å². The molecule has 0 aliphatic rings.